The van der Waals surface area contributed by atoms with Gasteiger partial charge in [-0.15, -0.1) is 0 Å². The summed E-state index contributed by atoms with van der Waals surface area (Å²) in [5.74, 6) is 1.60. The maximum Gasteiger partial charge on any atom is 0.161 e. The summed E-state index contributed by atoms with van der Waals surface area (Å²) in [7, 11) is 0. The van der Waals surface area contributed by atoms with Crippen molar-refractivity contribution in [2.75, 3.05) is 13.2 Å². The monoisotopic (exact) mass is 329 g/mol. The van der Waals surface area contributed by atoms with Gasteiger partial charge in [0.15, 0.2) is 11.5 Å². The van der Waals surface area contributed by atoms with Gasteiger partial charge in [0.2, 0.25) is 0 Å². The van der Waals surface area contributed by atoms with E-state index in [4.69, 9.17) is 21.1 Å². The lowest BCUT2D eigenvalue weighted by Crippen LogP contribution is -2.08. The minimum atomic E-state index is 0.582. The summed E-state index contributed by atoms with van der Waals surface area (Å²) < 4.78 is 13.8. The smallest absolute Gasteiger partial charge is 0.161 e. The van der Waals surface area contributed by atoms with E-state index in [9.17, 15) is 0 Å². The molecule has 0 spiro atoms. The Hall–Kier alpha value is -2.13. The van der Waals surface area contributed by atoms with Crippen molar-refractivity contribution >= 4 is 22.5 Å². The molecule has 0 aliphatic heterocycles. The molecule has 4 heteroatoms. The zero-order chi connectivity index (χ0) is 16.1. The molecule has 120 valence electrons. The summed E-state index contributed by atoms with van der Waals surface area (Å²) in [5.41, 5.74) is 1.16. The van der Waals surface area contributed by atoms with E-state index in [1.54, 1.807) is 0 Å². The molecule has 0 saturated heterocycles. The fourth-order valence-electron chi connectivity index (χ4n) is 2.52. The van der Waals surface area contributed by atoms with Gasteiger partial charge in [-0.3, -0.25) is 0 Å². The largest absolute Gasteiger partial charge is 0.490 e. The molecule has 0 saturated carbocycles. The van der Waals surface area contributed by atoms with E-state index in [-0.39, 0.29) is 0 Å². The Morgan fingerprint density at radius 3 is 2.43 bits per heavy atom. The zero-order valence-electron chi connectivity index (χ0n) is 13.2. The molecule has 0 aliphatic carbocycles. The number of para-hydroxylation sites is 2. The van der Waals surface area contributed by atoms with Gasteiger partial charge in [-0.1, -0.05) is 30.7 Å². The van der Waals surface area contributed by atoms with Gasteiger partial charge in [0.05, 0.1) is 13.2 Å². The lowest BCUT2D eigenvalue weighted by Gasteiger charge is -2.13. The maximum atomic E-state index is 6.02. The van der Waals surface area contributed by atoms with Crippen molar-refractivity contribution in [3.05, 3.63) is 59.8 Å². The second kappa shape index (κ2) is 7.42. The summed E-state index contributed by atoms with van der Waals surface area (Å²) in [6.45, 7) is 4.14. The van der Waals surface area contributed by atoms with Gasteiger partial charge in [-0.25, -0.2) is 0 Å². The number of hydrogen-bond acceptors (Lipinski definition) is 2. The molecule has 0 N–H and O–H groups in total. The third-order valence-corrected chi connectivity index (χ3v) is 3.87. The van der Waals surface area contributed by atoms with Gasteiger partial charge in [0.25, 0.3) is 0 Å². The standard InChI is InChI=1S/C19H20ClNO2/c1-2-12-22-18-5-3-4-6-19(18)23-13-11-21-10-9-15-14-16(20)7-8-17(15)21/h3-10,14H,2,11-13H2,1H3. The molecule has 1 aromatic heterocycles. The molecule has 3 nitrogen and oxygen atoms in total. The average Bonchev–Trinajstić information content (AvgIpc) is 2.96. The van der Waals surface area contributed by atoms with E-state index >= 15 is 0 Å². The minimum Gasteiger partial charge on any atom is -0.490 e. The minimum absolute atomic E-state index is 0.582. The molecule has 0 atom stereocenters. The van der Waals surface area contributed by atoms with Crippen LogP contribution in [0.15, 0.2) is 54.7 Å². The predicted molar refractivity (Wildman–Crippen MR) is 94.7 cm³/mol. The molecule has 2 aromatic carbocycles. The number of benzene rings is 2. The van der Waals surface area contributed by atoms with Crippen molar-refractivity contribution in [2.24, 2.45) is 0 Å². The normalized spacial score (nSPS) is 10.9. The number of nitrogens with zero attached hydrogens (tertiary/aromatic N) is 1. The van der Waals surface area contributed by atoms with Crippen molar-refractivity contribution in [1.29, 1.82) is 0 Å². The first-order valence-electron chi connectivity index (χ1n) is 7.87. The molecule has 3 rings (SSSR count). The van der Waals surface area contributed by atoms with E-state index in [0.717, 1.165) is 40.4 Å². The van der Waals surface area contributed by atoms with Crippen LogP contribution in [0.4, 0.5) is 0 Å². The Morgan fingerprint density at radius 1 is 0.957 bits per heavy atom. The van der Waals surface area contributed by atoms with Crippen LogP contribution in [0, 0.1) is 0 Å². The molecule has 3 aromatic rings. The van der Waals surface area contributed by atoms with Crippen molar-refractivity contribution in [2.45, 2.75) is 19.9 Å². The van der Waals surface area contributed by atoms with Gasteiger partial charge in [-0.05, 0) is 42.8 Å². The second-order valence-electron chi connectivity index (χ2n) is 5.36. The van der Waals surface area contributed by atoms with Gasteiger partial charge in [0, 0.05) is 22.1 Å². The molecular weight excluding hydrogens is 310 g/mol. The number of fused-ring (bicyclic) bond motifs is 1. The van der Waals surface area contributed by atoms with Crippen LogP contribution in [-0.2, 0) is 6.54 Å². The predicted octanol–water partition coefficient (Wildman–Crippen LogP) is 5.16. The fraction of sp³-hybridized carbons (Fsp3) is 0.263. The summed E-state index contributed by atoms with van der Waals surface area (Å²) in [4.78, 5) is 0. The third kappa shape index (κ3) is 3.80. The maximum absolute atomic E-state index is 6.02. The Balaban J connectivity index is 1.65. The topological polar surface area (TPSA) is 23.4 Å². The van der Waals surface area contributed by atoms with Crippen LogP contribution in [0.25, 0.3) is 10.9 Å². The van der Waals surface area contributed by atoms with Gasteiger partial charge >= 0.3 is 0 Å². The van der Waals surface area contributed by atoms with Gasteiger partial charge in [0.1, 0.15) is 6.61 Å². The lowest BCUT2D eigenvalue weighted by molar-refractivity contribution is 0.261. The summed E-state index contributed by atoms with van der Waals surface area (Å²) in [5, 5.41) is 1.90. The number of aromatic nitrogens is 1. The number of halogens is 1. The molecule has 0 bridgehead atoms. The lowest BCUT2D eigenvalue weighted by atomic mass is 10.2. The van der Waals surface area contributed by atoms with Crippen LogP contribution in [0.2, 0.25) is 5.02 Å². The molecule has 0 fully saturated rings. The van der Waals surface area contributed by atoms with Crippen molar-refractivity contribution in [3.63, 3.8) is 0 Å². The average molecular weight is 330 g/mol. The zero-order valence-corrected chi connectivity index (χ0v) is 13.9. The highest BCUT2D eigenvalue weighted by atomic mass is 35.5. The Kier molecular flexibility index (Phi) is 5.09. The molecule has 0 unspecified atom stereocenters. The van der Waals surface area contributed by atoms with E-state index < -0.39 is 0 Å². The molecule has 0 radical (unpaired) electrons. The molecule has 1 heterocycles. The summed E-state index contributed by atoms with van der Waals surface area (Å²) >= 11 is 6.02. The first-order valence-corrected chi connectivity index (χ1v) is 8.25. The van der Waals surface area contributed by atoms with Gasteiger partial charge < -0.3 is 14.0 Å². The van der Waals surface area contributed by atoms with E-state index in [1.807, 2.05) is 42.5 Å². The number of rotatable bonds is 7. The van der Waals surface area contributed by atoms with Crippen LogP contribution in [0.5, 0.6) is 11.5 Å². The highest BCUT2D eigenvalue weighted by molar-refractivity contribution is 6.31. The first-order chi connectivity index (χ1) is 11.3. The van der Waals surface area contributed by atoms with Crippen LogP contribution >= 0.6 is 11.6 Å². The SMILES string of the molecule is CCCOc1ccccc1OCCn1ccc2cc(Cl)ccc21. The molecular formula is C19H20ClNO2. The van der Waals surface area contributed by atoms with E-state index in [2.05, 4.69) is 23.8 Å². The Morgan fingerprint density at radius 2 is 1.70 bits per heavy atom. The third-order valence-electron chi connectivity index (χ3n) is 3.63. The Labute approximate surface area is 141 Å². The quantitative estimate of drug-likeness (QED) is 0.597. The van der Waals surface area contributed by atoms with Crippen LogP contribution in [0.1, 0.15) is 13.3 Å². The van der Waals surface area contributed by atoms with E-state index in [0.29, 0.717) is 13.2 Å². The first kappa shape index (κ1) is 15.8. The van der Waals surface area contributed by atoms with Crippen molar-refractivity contribution in [1.82, 2.24) is 4.57 Å². The number of ether oxygens (including phenoxy) is 2. The second-order valence-corrected chi connectivity index (χ2v) is 5.79. The van der Waals surface area contributed by atoms with Crippen molar-refractivity contribution < 1.29 is 9.47 Å². The summed E-state index contributed by atoms with van der Waals surface area (Å²) in [6, 6.07) is 15.8. The van der Waals surface area contributed by atoms with Crippen LogP contribution in [0.3, 0.4) is 0 Å². The molecule has 0 amide bonds. The molecule has 23 heavy (non-hydrogen) atoms. The highest BCUT2D eigenvalue weighted by Crippen LogP contribution is 2.27. The Bertz CT molecular complexity index is 782. The van der Waals surface area contributed by atoms with Crippen LogP contribution in [-0.4, -0.2) is 17.8 Å². The van der Waals surface area contributed by atoms with Crippen molar-refractivity contribution in [3.8, 4) is 11.5 Å². The van der Waals surface area contributed by atoms with E-state index in [1.165, 1.54) is 0 Å². The van der Waals surface area contributed by atoms with Crippen LogP contribution < -0.4 is 9.47 Å². The van der Waals surface area contributed by atoms with Gasteiger partial charge in [-0.2, -0.15) is 0 Å². The molecule has 0 aliphatic rings. The summed E-state index contributed by atoms with van der Waals surface area (Å²) in [6.07, 6.45) is 3.04. The fourth-order valence-corrected chi connectivity index (χ4v) is 2.70. The highest BCUT2D eigenvalue weighted by Gasteiger charge is 2.05. The number of hydrogen-bond donors (Lipinski definition) is 0.